The van der Waals surface area contributed by atoms with E-state index in [1.165, 1.54) is 6.07 Å². The molecule has 0 saturated carbocycles. The van der Waals surface area contributed by atoms with E-state index >= 15 is 0 Å². The lowest BCUT2D eigenvalue weighted by Crippen LogP contribution is -2.50. The zero-order valence-electron chi connectivity index (χ0n) is 16.4. The van der Waals surface area contributed by atoms with Gasteiger partial charge in [0.15, 0.2) is 5.96 Å². The number of nitrogens with one attached hydrogen (secondary N) is 2. The highest BCUT2D eigenvalue weighted by molar-refractivity contribution is 5.80. The fourth-order valence-electron chi connectivity index (χ4n) is 3.15. The van der Waals surface area contributed by atoms with Gasteiger partial charge in [0.2, 0.25) is 5.91 Å². The molecule has 1 saturated heterocycles. The monoisotopic (exact) mass is 380 g/mol. The molecule has 1 amide bonds. The highest BCUT2D eigenvalue weighted by atomic mass is 19.1. The summed E-state index contributed by atoms with van der Waals surface area (Å²) in [6.07, 6.45) is 2.06. The third kappa shape index (κ3) is 6.48. The molecule has 7 heteroatoms. The van der Waals surface area contributed by atoms with E-state index < -0.39 is 11.6 Å². The van der Waals surface area contributed by atoms with Crippen LogP contribution >= 0.6 is 0 Å². The zero-order chi connectivity index (χ0) is 19.8. The molecule has 0 bridgehead atoms. The lowest BCUT2D eigenvalue weighted by molar-refractivity contribution is -0.135. The quantitative estimate of drug-likeness (QED) is 0.589. The van der Waals surface area contributed by atoms with Crippen LogP contribution in [0.3, 0.4) is 0 Å². The number of aliphatic imine (C=N–C) groups is 1. The van der Waals surface area contributed by atoms with Crippen molar-refractivity contribution in [3.05, 3.63) is 35.4 Å². The normalized spacial score (nSPS) is 15.9. The Hall–Kier alpha value is -2.18. The second-order valence-electron chi connectivity index (χ2n) is 7.14. The molecule has 2 rings (SSSR count). The molecule has 0 radical (unpaired) electrons. The first-order chi connectivity index (χ1) is 12.9. The number of amides is 1. The molecule has 0 unspecified atom stereocenters. The molecule has 0 spiro atoms. The van der Waals surface area contributed by atoms with Gasteiger partial charge in [0.1, 0.15) is 11.6 Å². The van der Waals surface area contributed by atoms with Gasteiger partial charge >= 0.3 is 0 Å². The predicted octanol–water partition coefficient (Wildman–Crippen LogP) is 2.71. The van der Waals surface area contributed by atoms with Gasteiger partial charge in [-0.25, -0.2) is 8.78 Å². The van der Waals surface area contributed by atoms with E-state index in [9.17, 15) is 13.6 Å². The standard InChI is InChI=1S/C20H30F2N4O/c1-4-23-20(24-10-7-15-13-16(21)5-6-18(15)22)25-17-8-11-26(12-9-17)19(27)14(2)3/h5-6,13-14,17H,4,7-12H2,1-3H3,(H2,23,24,25). The Morgan fingerprint density at radius 2 is 2.00 bits per heavy atom. The molecule has 0 aromatic heterocycles. The Bertz CT molecular complexity index is 655. The summed E-state index contributed by atoms with van der Waals surface area (Å²) < 4.78 is 26.9. The molecular weight excluding hydrogens is 350 g/mol. The number of piperidine rings is 1. The van der Waals surface area contributed by atoms with Crippen LogP contribution in [0.15, 0.2) is 23.2 Å². The van der Waals surface area contributed by atoms with Crippen LogP contribution in [0.25, 0.3) is 0 Å². The van der Waals surface area contributed by atoms with Crippen LogP contribution in [-0.4, -0.2) is 49.0 Å². The Morgan fingerprint density at radius 1 is 1.30 bits per heavy atom. The number of nitrogens with zero attached hydrogens (tertiary/aromatic N) is 2. The summed E-state index contributed by atoms with van der Waals surface area (Å²) >= 11 is 0. The summed E-state index contributed by atoms with van der Waals surface area (Å²) in [6.45, 7) is 8.37. The maximum Gasteiger partial charge on any atom is 0.225 e. The van der Waals surface area contributed by atoms with Crippen molar-refractivity contribution in [1.29, 1.82) is 0 Å². The van der Waals surface area contributed by atoms with Crippen molar-refractivity contribution in [2.45, 2.75) is 46.1 Å². The summed E-state index contributed by atoms with van der Waals surface area (Å²) in [5.41, 5.74) is 0.329. The van der Waals surface area contributed by atoms with Gasteiger partial charge in [0.05, 0.1) is 0 Å². The summed E-state index contributed by atoms with van der Waals surface area (Å²) in [5, 5.41) is 6.58. The Morgan fingerprint density at radius 3 is 2.63 bits per heavy atom. The maximum atomic E-state index is 13.7. The number of rotatable bonds is 6. The first-order valence-electron chi connectivity index (χ1n) is 9.68. The molecule has 0 atom stereocenters. The van der Waals surface area contributed by atoms with Crippen LogP contribution in [-0.2, 0) is 11.2 Å². The molecule has 1 aromatic carbocycles. The van der Waals surface area contributed by atoms with Crippen molar-refractivity contribution in [2.24, 2.45) is 10.9 Å². The van der Waals surface area contributed by atoms with Crippen LogP contribution in [0.2, 0.25) is 0 Å². The van der Waals surface area contributed by atoms with Crippen molar-refractivity contribution in [3.63, 3.8) is 0 Å². The van der Waals surface area contributed by atoms with Gasteiger partial charge in [-0.1, -0.05) is 13.8 Å². The number of halogens is 2. The predicted molar refractivity (Wildman–Crippen MR) is 104 cm³/mol. The van der Waals surface area contributed by atoms with Crippen LogP contribution in [0, 0.1) is 17.6 Å². The molecule has 2 N–H and O–H groups in total. The van der Waals surface area contributed by atoms with Crippen LogP contribution in [0.5, 0.6) is 0 Å². The average molecular weight is 380 g/mol. The third-order valence-corrected chi connectivity index (χ3v) is 4.64. The highest BCUT2D eigenvalue weighted by Gasteiger charge is 2.24. The number of hydrogen-bond acceptors (Lipinski definition) is 2. The van der Waals surface area contributed by atoms with E-state index in [0.29, 0.717) is 31.0 Å². The van der Waals surface area contributed by atoms with Crippen molar-refractivity contribution < 1.29 is 13.6 Å². The van der Waals surface area contributed by atoms with E-state index in [1.54, 1.807) is 0 Å². The topological polar surface area (TPSA) is 56.7 Å². The molecule has 5 nitrogen and oxygen atoms in total. The second-order valence-corrected chi connectivity index (χ2v) is 7.14. The number of likely N-dealkylation sites (tertiary alicyclic amines) is 1. The van der Waals surface area contributed by atoms with E-state index in [-0.39, 0.29) is 17.9 Å². The Labute approximate surface area is 160 Å². The van der Waals surface area contributed by atoms with E-state index in [4.69, 9.17) is 0 Å². The fourth-order valence-corrected chi connectivity index (χ4v) is 3.15. The number of hydrogen-bond donors (Lipinski definition) is 2. The van der Waals surface area contributed by atoms with E-state index in [0.717, 1.165) is 38.1 Å². The summed E-state index contributed by atoms with van der Waals surface area (Å²) in [5.74, 6) is 0.0422. The molecule has 1 aromatic rings. The molecule has 1 fully saturated rings. The summed E-state index contributed by atoms with van der Waals surface area (Å²) in [7, 11) is 0. The number of guanidine groups is 1. The van der Waals surface area contributed by atoms with Crippen molar-refractivity contribution >= 4 is 11.9 Å². The van der Waals surface area contributed by atoms with Gasteiger partial charge in [0.25, 0.3) is 0 Å². The SMILES string of the molecule is CCNC(=NCCc1cc(F)ccc1F)NC1CCN(C(=O)C(C)C)CC1. The number of carbonyl (C=O) groups is 1. The first-order valence-corrected chi connectivity index (χ1v) is 9.68. The Kier molecular flexibility index (Phi) is 8.00. The summed E-state index contributed by atoms with van der Waals surface area (Å²) in [6, 6.07) is 3.71. The highest BCUT2D eigenvalue weighted by Crippen LogP contribution is 2.13. The zero-order valence-corrected chi connectivity index (χ0v) is 16.4. The molecule has 1 heterocycles. The van der Waals surface area contributed by atoms with E-state index in [2.05, 4.69) is 15.6 Å². The van der Waals surface area contributed by atoms with Gasteiger partial charge in [0, 0.05) is 38.1 Å². The van der Waals surface area contributed by atoms with Crippen molar-refractivity contribution in [1.82, 2.24) is 15.5 Å². The van der Waals surface area contributed by atoms with E-state index in [1.807, 2.05) is 25.7 Å². The minimum atomic E-state index is -0.442. The Balaban J connectivity index is 1.87. The van der Waals surface area contributed by atoms with Gasteiger partial charge in [-0.3, -0.25) is 9.79 Å². The minimum absolute atomic E-state index is 0.0246. The lowest BCUT2D eigenvalue weighted by Gasteiger charge is -2.34. The van der Waals surface area contributed by atoms with Crippen molar-refractivity contribution in [3.8, 4) is 0 Å². The molecule has 150 valence electrons. The molecular formula is C20H30F2N4O. The first kappa shape index (κ1) is 21.1. The minimum Gasteiger partial charge on any atom is -0.357 e. The molecule has 27 heavy (non-hydrogen) atoms. The van der Waals surface area contributed by atoms with Crippen LogP contribution in [0.4, 0.5) is 8.78 Å². The molecule has 1 aliphatic rings. The summed E-state index contributed by atoms with van der Waals surface area (Å²) in [4.78, 5) is 18.5. The molecule has 0 aliphatic carbocycles. The smallest absolute Gasteiger partial charge is 0.225 e. The van der Waals surface area contributed by atoms with Crippen LogP contribution < -0.4 is 10.6 Å². The average Bonchev–Trinajstić information content (AvgIpc) is 2.64. The van der Waals surface area contributed by atoms with Crippen molar-refractivity contribution in [2.75, 3.05) is 26.2 Å². The van der Waals surface area contributed by atoms with Gasteiger partial charge in [-0.15, -0.1) is 0 Å². The lowest BCUT2D eigenvalue weighted by atomic mass is 10.0. The van der Waals surface area contributed by atoms with Gasteiger partial charge < -0.3 is 15.5 Å². The molecule has 1 aliphatic heterocycles. The maximum absolute atomic E-state index is 13.7. The third-order valence-electron chi connectivity index (χ3n) is 4.64. The van der Waals surface area contributed by atoms with Crippen LogP contribution in [0.1, 0.15) is 39.2 Å². The second kappa shape index (κ2) is 10.2. The van der Waals surface area contributed by atoms with Gasteiger partial charge in [-0.2, -0.15) is 0 Å². The fraction of sp³-hybridized carbons (Fsp3) is 0.600. The number of carbonyl (C=O) groups excluding carboxylic acids is 1. The largest absolute Gasteiger partial charge is 0.357 e. The van der Waals surface area contributed by atoms with Gasteiger partial charge in [-0.05, 0) is 49.9 Å². The number of benzene rings is 1.